The zero-order chi connectivity index (χ0) is 15.1. The predicted octanol–water partition coefficient (Wildman–Crippen LogP) is 6.24. The minimum Gasteiger partial charge on any atom is -0.371 e. The number of alkyl halides is 1. The Morgan fingerprint density at radius 1 is 1.00 bits per heavy atom. The molecule has 0 saturated carbocycles. The normalized spacial score (nSPS) is 11.4. The van der Waals surface area contributed by atoms with Crippen molar-refractivity contribution in [2.24, 2.45) is 11.8 Å². The number of benzene rings is 1. The largest absolute Gasteiger partial charge is 0.371 e. The second-order valence-corrected chi connectivity index (χ2v) is 7.68. The Morgan fingerprint density at radius 3 is 1.95 bits per heavy atom. The number of rotatable bonds is 8. The molecule has 0 atom stereocenters. The first kappa shape index (κ1) is 18.0. The van der Waals surface area contributed by atoms with Gasteiger partial charge in [0.2, 0.25) is 0 Å². The highest BCUT2D eigenvalue weighted by Crippen LogP contribution is 2.26. The molecule has 0 unspecified atom stereocenters. The Morgan fingerprint density at radius 2 is 1.55 bits per heavy atom. The molecular formula is C17H27Br2N. The van der Waals surface area contributed by atoms with Crippen molar-refractivity contribution >= 4 is 37.5 Å². The lowest BCUT2D eigenvalue weighted by atomic mass is 10.1. The molecule has 0 radical (unpaired) electrons. The van der Waals surface area contributed by atoms with Crippen molar-refractivity contribution in [3.8, 4) is 0 Å². The number of anilines is 1. The molecule has 3 heteroatoms. The Labute approximate surface area is 141 Å². The lowest BCUT2D eigenvalue weighted by Gasteiger charge is -2.27. The highest BCUT2D eigenvalue weighted by atomic mass is 79.9. The van der Waals surface area contributed by atoms with Gasteiger partial charge >= 0.3 is 0 Å². The van der Waals surface area contributed by atoms with Gasteiger partial charge in [0.15, 0.2) is 0 Å². The van der Waals surface area contributed by atoms with Gasteiger partial charge in [-0.3, -0.25) is 0 Å². The molecule has 0 bridgehead atoms. The van der Waals surface area contributed by atoms with Gasteiger partial charge in [0, 0.05) is 28.6 Å². The number of hydrogen-bond donors (Lipinski definition) is 0. The summed E-state index contributed by atoms with van der Waals surface area (Å²) in [5.41, 5.74) is 2.64. The molecule has 114 valence electrons. The Hall–Kier alpha value is -0.0200. The lowest BCUT2D eigenvalue weighted by molar-refractivity contribution is 0.535. The molecule has 0 aromatic heterocycles. The van der Waals surface area contributed by atoms with Crippen LogP contribution in [0.4, 0.5) is 5.69 Å². The zero-order valence-electron chi connectivity index (χ0n) is 13.1. The Bertz CT molecular complexity index is 390. The summed E-state index contributed by atoms with van der Waals surface area (Å²) in [6.07, 6.45) is 2.49. The van der Waals surface area contributed by atoms with Gasteiger partial charge in [-0.1, -0.05) is 65.6 Å². The summed E-state index contributed by atoms with van der Waals surface area (Å²) >= 11 is 7.20. The Balaban J connectivity index is 2.82. The number of hydrogen-bond acceptors (Lipinski definition) is 1. The fourth-order valence-electron chi connectivity index (χ4n) is 2.04. The molecule has 0 aliphatic rings. The third-order valence-corrected chi connectivity index (χ3v) is 4.84. The second kappa shape index (κ2) is 9.09. The first-order valence-electron chi connectivity index (χ1n) is 7.53. The predicted molar refractivity (Wildman–Crippen MR) is 97.9 cm³/mol. The van der Waals surface area contributed by atoms with E-state index in [0.717, 1.165) is 30.3 Å². The van der Waals surface area contributed by atoms with Gasteiger partial charge in [-0.15, -0.1) is 0 Å². The maximum absolute atomic E-state index is 3.68. The molecule has 1 rings (SSSR count). The van der Waals surface area contributed by atoms with E-state index in [1.807, 2.05) is 0 Å². The summed E-state index contributed by atoms with van der Waals surface area (Å²) < 4.78 is 1.20. The van der Waals surface area contributed by atoms with E-state index in [2.05, 4.69) is 82.7 Å². The summed E-state index contributed by atoms with van der Waals surface area (Å²) in [6, 6.07) is 6.73. The molecule has 1 aromatic rings. The van der Waals surface area contributed by atoms with E-state index < -0.39 is 0 Å². The van der Waals surface area contributed by atoms with E-state index in [-0.39, 0.29) is 0 Å². The topological polar surface area (TPSA) is 3.24 Å². The average Bonchev–Trinajstić information content (AvgIpc) is 2.38. The standard InChI is InChI=1S/C17H27Br2N/c1-13(2)7-9-20(10-8-14(3)4)16-6-5-15(12-18)17(19)11-16/h5-6,11,13-14H,7-10,12H2,1-4H3. The third kappa shape index (κ3) is 6.17. The molecule has 0 aliphatic carbocycles. The van der Waals surface area contributed by atoms with Crippen molar-refractivity contribution in [2.75, 3.05) is 18.0 Å². The van der Waals surface area contributed by atoms with Crippen LogP contribution in [0.15, 0.2) is 22.7 Å². The lowest BCUT2D eigenvalue weighted by Crippen LogP contribution is -2.27. The van der Waals surface area contributed by atoms with E-state index >= 15 is 0 Å². The maximum Gasteiger partial charge on any atom is 0.0377 e. The van der Waals surface area contributed by atoms with E-state index in [4.69, 9.17) is 0 Å². The fraction of sp³-hybridized carbons (Fsp3) is 0.647. The minimum atomic E-state index is 0.752. The highest BCUT2D eigenvalue weighted by Gasteiger charge is 2.10. The molecule has 0 saturated heterocycles. The van der Waals surface area contributed by atoms with Crippen molar-refractivity contribution < 1.29 is 0 Å². The smallest absolute Gasteiger partial charge is 0.0377 e. The maximum atomic E-state index is 3.68. The van der Waals surface area contributed by atoms with Crippen LogP contribution in [0.5, 0.6) is 0 Å². The summed E-state index contributed by atoms with van der Waals surface area (Å²) in [5.74, 6) is 1.50. The van der Waals surface area contributed by atoms with Gasteiger partial charge in [-0.25, -0.2) is 0 Å². The van der Waals surface area contributed by atoms with Crippen LogP contribution in [-0.4, -0.2) is 13.1 Å². The SMILES string of the molecule is CC(C)CCN(CCC(C)C)c1ccc(CBr)c(Br)c1. The van der Waals surface area contributed by atoms with Crippen LogP contribution < -0.4 is 4.90 Å². The minimum absolute atomic E-state index is 0.752. The van der Waals surface area contributed by atoms with E-state index in [1.54, 1.807) is 0 Å². The van der Waals surface area contributed by atoms with Crippen molar-refractivity contribution in [1.82, 2.24) is 0 Å². The van der Waals surface area contributed by atoms with Gasteiger partial charge in [0.1, 0.15) is 0 Å². The summed E-state index contributed by atoms with van der Waals surface area (Å²) in [5, 5.41) is 0.895. The van der Waals surface area contributed by atoms with E-state index in [9.17, 15) is 0 Å². The third-order valence-electron chi connectivity index (χ3n) is 3.50. The van der Waals surface area contributed by atoms with Crippen LogP contribution in [0.25, 0.3) is 0 Å². The quantitative estimate of drug-likeness (QED) is 0.463. The van der Waals surface area contributed by atoms with Crippen LogP contribution in [0.3, 0.4) is 0 Å². The molecule has 0 spiro atoms. The highest BCUT2D eigenvalue weighted by molar-refractivity contribution is 9.10. The summed E-state index contributed by atoms with van der Waals surface area (Å²) in [7, 11) is 0. The first-order chi connectivity index (χ1) is 9.43. The second-order valence-electron chi connectivity index (χ2n) is 6.26. The average molecular weight is 405 g/mol. The molecule has 0 fully saturated rings. The summed E-state index contributed by atoms with van der Waals surface area (Å²) in [4.78, 5) is 2.53. The van der Waals surface area contributed by atoms with E-state index in [1.165, 1.54) is 28.6 Å². The molecule has 1 nitrogen and oxygen atoms in total. The monoisotopic (exact) mass is 403 g/mol. The number of nitrogens with zero attached hydrogens (tertiary/aromatic N) is 1. The van der Waals surface area contributed by atoms with Crippen LogP contribution in [-0.2, 0) is 5.33 Å². The molecule has 1 aromatic carbocycles. The molecule has 0 aliphatic heterocycles. The molecular weight excluding hydrogens is 378 g/mol. The molecule has 0 amide bonds. The first-order valence-corrected chi connectivity index (χ1v) is 9.44. The van der Waals surface area contributed by atoms with E-state index in [0.29, 0.717) is 0 Å². The van der Waals surface area contributed by atoms with Crippen molar-refractivity contribution in [2.45, 2.75) is 45.9 Å². The molecule has 0 heterocycles. The van der Waals surface area contributed by atoms with Gasteiger partial charge in [0.05, 0.1) is 0 Å². The van der Waals surface area contributed by atoms with Gasteiger partial charge < -0.3 is 4.90 Å². The van der Waals surface area contributed by atoms with Crippen LogP contribution >= 0.6 is 31.9 Å². The summed E-state index contributed by atoms with van der Waals surface area (Å²) in [6.45, 7) is 11.5. The Kier molecular flexibility index (Phi) is 8.20. The van der Waals surface area contributed by atoms with Gasteiger partial charge in [0.25, 0.3) is 0 Å². The fourth-order valence-corrected chi connectivity index (χ4v) is 3.41. The number of halogens is 2. The molecule has 0 N–H and O–H groups in total. The van der Waals surface area contributed by atoms with Crippen LogP contribution in [0.1, 0.15) is 46.1 Å². The van der Waals surface area contributed by atoms with Gasteiger partial charge in [-0.2, -0.15) is 0 Å². The molecule has 20 heavy (non-hydrogen) atoms. The van der Waals surface area contributed by atoms with Crippen molar-refractivity contribution in [3.05, 3.63) is 28.2 Å². The van der Waals surface area contributed by atoms with Crippen molar-refractivity contribution in [3.63, 3.8) is 0 Å². The zero-order valence-corrected chi connectivity index (χ0v) is 16.3. The van der Waals surface area contributed by atoms with Crippen molar-refractivity contribution in [1.29, 1.82) is 0 Å². The van der Waals surface area contributed by atoms with Crippen LogP contribution in [0.2, 0.25) is 0 Å². The van der Waals surface area contributed by atoms with Gasteiger partial charge in [-0.05, 0) is 42.4 Å². The van der Waals surface area contributed by atoms with Crippen LogP contribution in [0, 0.1) is 11.8 Å².